The van der Waals surface area contributed by atoms with E-state index >= 15 is 0 Å². The van der Waals surface area contributed by atoms with Crippen molar-refractivity contribution in [3.05, 3.63) is 35.1 Å². The summed E-state index contributed by atoms with van der Waals surface area (Å²) in [5, 5.41) is 0. The van der Waals surface area contributed by atoms with Gasteiger partial charge >= 0.3 is 0 Å². The summed E-state index contributed by atoms with van der Waals surface area (Å²) in [5.41, 5.74) is -0.627. The van der Waals surface area contributed by atoms with Gasteiger partial charge in [0.05, 0.1) is 5.56 Å². The molecule has 0 amide bonds. The van der Waals surface area contributed by atoms with E-state index < -0.39 is 17.8 Å². The SMILES string of the molecule is O=Cc1ccc(C(F)F)c(F)c1. The zero-order chi connectivity index (χ0) is 9.14. The maximum Gasteiger partial charge on any atom is 0.266 e. The molecule has 0 aliphatic heterocycles. The Morgan fingerprint density at radius 1 is 1.33 bits per heavy atom. The topological polar surface area (TPSA) is 17.1 Å². The van der Waals surface area contributed by atoms with Crippen molar-refractivity contribution >= 4 is 6.29 Å². The highest BCUT2D eigenvalue weighted by molar-refractivity contribution is 5.74. The molecule has 0 fully saturated rings. The number of carbonyl (C=O) groups excluding carboxylic acids is 1. The third-order valence-electron chi connectivity index (χ3n) is 1.40. The Bertz CT molecular complexity index is 296. The fourth-order valence-electron chi connectivity index (χ4n) is 0.794. The molecule has 0 radical (unpaired) electrons. The summed E-state index contributed by atoms with van der Waals surface area (Å²) in [6.45, 7) is 0. The molecule has 0 bridgehead atoms. The molecule has 0 aromatic heterocycles. The van der Waals surface area contributed by atoms with Crippen LogP contribution in [0.3, 0.4) is 0 Å². The highest BCUT2D eigenvalue weighted by Gasteiger charge is 2.12. The van der Waals surface area contributed by atoms with Crippen LogP contribution in [0.5, 0.6) is 0 Å². The van der Waals surface area contributed by atoms with Crippen LogP contribution in [0.4, 0.5) is 13.2 Å². The van der Waals surface area contributed by atoms with Gasteiger partial charge in [0.1, 0.15) is 12.1 Å². The standard InChI is InChI=1S/C8H5F3O/c9-7-3-5(4-12)1-2-6(7)8(10)11/h1-4,8H. The lowest BCUT2D eigenvalue weighted by Crippen LogP contribution is -1.92. The summed E-state index contributed by atoms with van der Waals surface area (Å²) in [6, 6.07) is 2.84. The predicted octanol–water partition coefficient (Wildman–Crippen LogP) is 2.58. The van der Waals surface area contributed by atoms with Gasteiger partial charge < -0.3 is 0 Å². The number of benzene rings is 1. The lowest BCUT2D eigenvalue weighted by atomic mass is 10.1. The van der Waals surface area contributed by atoms with E-state index in [1.807, 2.05) is 0 Å². The number of rotatable bonds is 2. The van der Waals surface area contributed by atoms with Crippen LogP contribution in [0, 0.1) is 5.82 Å². The molecule has 1 rings (SSSR count). The Balaban J connectivity index is 3.11. The van der Waals surface area contributed by atoms with E-state index in [1.54, 1.807) is 0 Å². The van der Waals surface area contributed by atoms with Crippen molar-refractivity contribution in [3.8, 4) is 0 Å². The van der Waals surface area contributed by atoms with Gasteiger partial charge in [0.15, 0.2) is 0 Å². The van der Waals surface area contributed by atoms with Gasteiger partial charge in [-0.25, -0.2) is 13.2 Å². The molecule has 0 unspecified atom stereocenters. The third-order valence-corrected chi connectivity index (χ3v) is 1.40. The predicted molar refractivity (Wildman–Crippen MR) is 36.7 cm³/mol. The van der Waals surface area contributed by atoms with Gasteiger partial charge in [-0.1, -0.05) is 6.07 Å². The molecule has 0 saturated heterocycles. The quantitative estimate of drug-likeness (QED) is 0.629. The summed E-state index contributed by atoms with van der Waals surface area (Å²) in [5.74, 6) is -1.05. The smallest absolute Gasteiger partial charge is 0.266 e. The average molecular weight is 174 g/mol. The van der Waals surface area contributed by atoms with Gasteiger partial charge in [-0.3, -0.25) is 4.79 Å². The highest BCUT2D eigenvalue weighted by atomic mass is 19.3. The molecule has 1 nitrogen and oxygen atoms in total. The van der Waals surface area contributed by atoms with Gasteiger partial charge in [-0.15, -0.1) is 0 Å². The van der Waals surface area contributed by atoms with Gasteiger partial charge in [0.2, 0.25) is 0 Å². The molecule has 0 aliphatic rings. The van der Waals surface area contributed by atoms with Crippen molar-refractivity contribution in [2.45, 2.75) is 6.43 Å². The Morgan fingerprint density at radius 2 is 2.00 bits per heavy atom. The molecule has 4 heteroatoms. The fourth-order valence-corrected chi connectivity index (χ4v) is 0.794. The van der Waals surface area contributed by atoms with E-state index in [0.717, 1.165) is 18.2 Å². The van der Waals surface area contributed by atoms with E-state index in [9.17, 15) is 18.0 Å². The number of hydrogen-bond acceptors (Lipinski definition) is 1. The van der Waals surface area contributed by atoms with Crippen LogP contribution in [0.25, 0.3) is 0 Å². The monoisotopic (exact) mass is 174 g/mol. The zero-order valence-corrected chi connectivity index (χ0v) is 5.93. The third kappa shape index (κ3) is 1.64. The lowest BCUT2D eigenvalue weighted by molar-refractivity contribution is 0.112. The first kappa shape index (κ1) is 8.77. The Kier molecular flexibility index (Phi) is 2.47. The van der Waals surface area contributed by atoms with Crippen molar-refractivity contribution in [1.29, 1.82) is 0 Å². The normalized spacial score (nSPS) is 10.3. The van der Waals surface area contributed by atoms with Crippen molar-refractivity contribution < 1.29 is 18.0 Å². The first-order chi connectivity index (χ1) is 5.65. The van der Waals surface area contributed by atoms with Gasteiger partial charge in [-0.2, -0.15) is 0 Å². The number of carbonyl (C=O) groups is 1. The number of aldehydes is 1. The maximum atomic E-state index is 12.6. The van der Waals surface area contributed by atoms with Crippen LogP contribution in [-0.2, 0) is 0 Å². The molecule has 12 heavy (non-hydrogen) atoms. The Labute approximate surface area is 66.8 Å². The van der Waals surface area contributed by atoms with Crippen LogP contribution in [0.2, 0.25) is 0 Å². The summed E-state index contributed by atoms with van der Waals surface area (Å²) in [7, 11) is 0. The molecule has 0 N–H and O–H groups in total. The molecular formula is C8H5F3O. The lowest BCUT2D eigenvalue weighted by Gasteiger charge is -2.00. The average Bonchev–Trinajstić information content (AvgIpc) is 2.03. The van der Waals surface area contributed by atoms with E-state index in [-0.39, 0.29) is 5.56 Å². The van der Waals surface area contributed by atoms with Crippen LogP contribution < -0.4 is 0 Å². The maximum absolute atomic E-state index is 12.6. The second-order valence-electron chi connectivity index (χ2n) is 2.20. The molecule has 0 aliphatic carbocycles. The zero-order valence-electron chi connectivity index (χ0n) is 5.93. The summed E-state index contributed by atoms with van der Waals surface area (Å²) in [4.78, 5) is 10.1. The van der Waals surface area contributed by atoms with Crippen LogP contribution >= 0.6 is 0 Å². The minimum atomic E-state index is -2.84. The molecule has 1 aromatic rings. The van der Waals surface area contributed by atoms with Crippen LogP contribution in [0.1, 0.15) is 22.3 Å². The Hall–Kier alpha value is -1.32. The molecule has 64 valence electrons. The van der Waals surface area contributed by atoms with E-state index in [2.05, 4.69) is 0 Å². The number of hydrogen-bond donors (Lipinski definition) is 0. The van der Waals surface area contributed by atoms with Gasteiger partial charge in [0, 0.05) is 5.56 Å². The second-order valence-corrected chi connectivity index (χ2v) is 2.20. The molecule has 0 atom stereocenters. The molecule has 1 aromatic carbocycles. The molecule has 0 heterocycles. The minimum absolute atomic E-state index is 0.0527. The first-order valence-electron chi connectivity index (χ1n) is 3.18. The summed E-state index contributed by atoms with van der Waals surface area (Å²) < 4.78 is 36.5. The summed E-state index contributed by atoms with van der Waals surface area (Å²) >= 11 is 0. The summed E-state index contributed by atoms with van der Waals surface area (Å²) in [6.07, 6.45) is -2.44. The fraction of sp³-hybridized carbons (Fsp3) is 0.125. The van der Waals surface area contributed by atoms with Crippen molar-refractivity contribution in [3.63, 3.8) is 0 Å². The number of alkyl halides is 2. The van der Waals surface area contributed by atoms with Crippen molar-refractivity contribution in [2.75, 3.05) is 0 Å². The molecular weight excluding hydrogens is 169 g/mol. The Morgan fingerprint density at radius 3 is 2.42 bits per heavy atom. The van der Waals surface area contributed by atoms with Crippen LogP contribution in [0.15, 0.2) is 18.2 Å². The molecule has 0 spiro atoms. The van der Waals surface area contributed by atoms with Crippen molar-refractivity contribution in [1.82, 2.24) is 0 Å². The number of halogens is 3. The van der Waals surface area contributed by atoms with E-state index in [0.29, 0.717) is 6.29 Å². The molecule has 0 saturated carbocycles. The first-order valence-corrected chi connectivity index (χ1v) is 3.18. The minimum Gasteiger partial charge on any atom is -0.298 e. The van der Waals surface area contributed by atoms with Gasteiger partial charge in [0.25, 0.3) is 6.43 Å². The van der Waals surface area contributed by atoms with Gasteiger partial charge in [-0.05, 0) is 12.1 Å². The second kappa shape index (κ2) is 3.38. The van der Waals surface area contributed by atoms with E-state index in [4.69, 9.17) is 0 Å². The highest BCUT2D eigenvalue weighted by Crippen LogP contribution is 2.21. The van der Waals surface area contributed by atoms with Crippen LogP contribution in [-0.4, -0.2) is 6.29 Å². The largest absolute Gasteiger partial charge is 0.298 e. The van der Waals surface area contributed by atoms with E-state index in [1.165, 1.54) is 0 Å². The van der Waals surface area contributed by atoms with Crippen molar-refractivity contribution in [2.24, 2.45) is 0 Å².